The van der Waals surface area contributed by atoms with Gasteiger partial charge < -0.3 is 14.4 Å². The minimum Gasteiger partial charge on any atom is -0.507 e. The number of phenolic OH excluding ortho intramolecular Hbond substituents is 1. The lowest BCUT2D eigenvalue weighted by molar-refractivity contribution is 0.0527. The second-order valence-corrected chi connectivity index (χ2v) is 9.22. The van der Waals surface area contributed by atoms with Gasteiger partial charge in [-0.25, -0.2) is 13.6 Å². The number of rotatable bonds is 7. The second kappa shape index (κ2) is 9.97. The van der Waals surface area contributed by atoms with Crippen LogP contribution >= 0.6 is 27.7 Å². The molecule has 0 bridgehead atoms. The quantitative estimate of drug-likeness (QED) is 0.208. The Morgan fingerprint density at radius 1 is 1.06 bits per heavy atom. The van der Waals surface area contributed by atoms with Crippen molar-refractivity contribution in [2.45, 2.75) is 24.1 Å². The summed E-state index contributed by atoms with van der Waals surface area (Å²) in [5.41, 5.74) is 2.63. The summed E-state index contributed by atoms with van der Waals surface area (Å²) in [4.78, 5) is 13.8. The standard InChI is InChI=1S/C25H20BrF2NO3S/c1-2-32-25(31)24-19-11-23(30)20(26)12-21(19)29(13-15-3-5-16(27)6-4-15)22(24)14-33-18-9-7-17(28)8-10-18/h3-12,30H,2,13-14H2,1H3. The summed E-state index contributed by atoms with van der Waals surface area (Å²) in [6.45, 7) is 2.32. The van der Waals surface area contributed by atoms with Crippen molar-refractivity contribution < 1.29 is 23.4 Å². The number of aromatic hydroxyl groups is 1. The van der Waals surface area contributed by atoms with E-state index < -0.39 is 5.97 Å². The molecule has 0 aliphatic carbocycles. The zero-order valence-corrected chi connectivity index (χ0v) is 20.1. The third-order valence-electron chi connectivity index (χ3n) is 5.16. The first kappa shape index (κ1) is 23.3. The molecular weight excluding hydrogens is 512 g/mol. The number of halogens is 3. The zero-order chi connectivity index (χ0) is 23.5. The first-order valence-corrected chi connectivity index (χ1v) is 12.0. The summed E-state index contributed by atoms with van der Waals surface area (Å²) in [5, 5.41) is 10.9. The third kappa shape index (κ3) is 5.07. The van der Waals surface area contributed by atoms with Crippen LogP contribution in [-0.4, -0.2) is 22.2 Å². The molecule has 4 aromatic rings. The van der Waals surface area contributed by atoms with E-state index in [2.05, 4.69) is 15.9 Å². The van der Waals surface area contributed by atoms with Crippen LogP contribution in [-0.2, 0) is 17.0 Å². The van der Waals surface area contributed by atoms with Crippen LogP contribution in [0, 0.1) is 11.6 Å². The van der Waals surface area contributed by atoms with Gasteiger partial charge in [0.2, 0.25) is 0 Å². The molecule has 4 rings (SSSR count). The molecule has 0 fully saturated rings. The molecule has 0 spiro atoms. The van der Waals surface area contributed by atoms with Gasteiger partial charge >= 0.3 is 5.97 Å². The van der Waals surface area contributed by atoms with Crippen LogP contribution in [0.1, 0.15) is 28.5 Å². The molecule has 0 saturated carbocycles. The monoisotopic (exact) mass is 531 g/mol. The summed E-state index contributed by atoms with van der Waals surface area (Å²) in [7, 11) is 0. The van der Waals surface area contributed by atoms with Crippen molar-refractivity contribution >= 4 is 44.6 Å². The van der Waals surface area contributed by atoms with E-state index in [0.29, 0.717) is 33.4 Å². The van der Waals surface area contributed by atoms with Crippen LogP contribution < -0.4 is 0 Å². The van der Waals surface area contributed by atoms with Crippen molar-refractivity contribution in [1.82, 2.24) is 4.57 Å². The number of nitrogens with zero attached hydrogens (tertiary/aromatic N) is 1. The Labute approximate surface area is 202 Å². The van der Waals surface area contributed by atoms with Crippen LogP contribution in [0.2, 0.25) is 0 Å². The van der Waals surface area contributed by atoms with Gasteiger partial charge in [-0.15, -0.1) is 11.8 Å². The van der Waals surface area contributed by atoms with Crippen molar-refractivity contribution in [3.05, 3.63) is 93.6 Å². The minimum absolute atomic E-state index is 0.00437. The second-order valence-electron chi connectivity index (χ2n) is 7.32. The third-order valence-corrected chi connectivity index (χ3v) is 6.82. The number of fused-ring (bicyclic) bond motifs is 1. The molecule has 0 radical (unpaired) electrons. The Morgan fingerprint density at radius 2 is 1.70 bits per heavy atom. The van der Waals surface area contributed by atoms with E-state index in [4.69, 9.17) is 4.74 Å². The molecule has 0 atom stereocenters. The van der Waals surface area contributed by atoms with Crippen LogP contribution in [0.3, 0.4) is 0 Å². The normalized spacial score (nSPS) is 11.2. The fourth-order valence-electron chi connectivity index (χ4n) is 3.63. The maximum atomic E-state index is 13.5. The van der Waals surface area contributed by atoms with Gasteiger partial charge in [-0.05, 0) is 76.9 Å². The highest BCUT2D eigenvalue weighted by Gasteiger charge is 2.25. The topological polar surface area (TPSA) is 51.5 Å². The number of aromatic nitrogens is 1. The Morgan fingerprint density at radius 3 is 2.33 bits per heavy atom. The Bertz CT molecular complexity index is 1300. The van der Waals surface area contributed by atoms with E-state index in [1.807, 2.05) is 4.57 Å². The van der Waals surface area contributed by atoms with Crippen LogP contribution in [0.15, 0.2) is 70.0 Å². The average Bonchev–Trinajstić information content (AvgIpc) is 3.07. The number of phenols is 1. The molecule has 170 valence electrons. The van der Waals surface area contributed by atoms with Crippen molar-refractivity contribution in [3.63, 3.8) is 0 Å². The van der Waals surface area contributed by atoms with Crippen LogP contribution in [0.25, 0.3) is 10.9 Å². The molecule has 4 nitrogen and oxygen atoms in total. The smallest absolute Gasteiger partial charge is 0.340 e. The number of thioether (sulfide) groups is 1. The van der Waals surface area contributed by atoms with E-state index in [0.717, 1.165) is 16.0 Å². The van der Waals surface area contributed by atoms with Gasteiger partial charge in [-0.3, -0.25) is 0 Å². The molecule has 1 N–H and O–H groups in total. The molecule has 0 amide bonds. The van der Waals surface area contributed by atoms with Gasteiger partial charge in [-0.1, -0.05) is 12.1 Å². The lowest BCUT2D eigenvalue weighted by Crippen LogP contribution is -2.10. The molecule has 3 aromatic carbocycles. The zero-order valence-electron chi connectivity index (χ0n) is 17.6. The van der Waals surface area contributed by atoms with Crippen molar-refractivity contribution in [1.29, 1.82) is 0 Å². The summed E-state index contributed by atoms with van der Waals surface area (Å²) >= 11 is 4.81. The molecule has 1 aromatic heterocycles. The number of carbonyl (C=O) groups excluding carboxylic acids is 1. The van der Waals surface area contributed by atoms with E-state index in [-0.39, 0.29) is 24.0 Å². The molecular formula is C25H20BrF2NO3S. The molecule has 0 aliphatic heterocycles. The average molecular weight is 532 g/mol. The largest absolute Gasteiger partial charge is 0.507 e. The highest BCUT2D eigenvalue weighted by Crippen LogP contribution is 2.37. The predicted octanol–water partition coefficient (Wildman–Crippen LogP) is 6.90. The molecule has 33 heavy (non-hydrogen) atoms. The van der Waals surface area contributed by atoms with Crippen molar-refractivity contribution in [3.8, 4) is 5.75 Å². The lowest BCUT2D eigenvalue weighted by atomic mass is 10.1. The van der Waals surface area contributed by atoms with Gasteiger partial charge in [0, 0.05) is 28.3 Å². The number of carbonyl (C=O) groups is 1. The van der Waals surface area contributed by atoms with Crippen LogP contribution in [0.5, 0.6) is 5.75 Å². The molecule has 0 aliphatic rings. The maximum absolute atomic E-state index is 13.5. The number of hydrogen-bond donors (Lipinski definition) is 1. The Kier molecular flexibility index (Phi) is 7.05. The fraction of sp³-hybridized carbons (Fsp3) is 0.160. The van der Waals surface area contributed by atoms with E-state index in [9.17, 15) is 18.7 Å². The van der Waals surface area contributed by atoms with Gasteiger partial charge in [0.15, 0.2) is 0 Å². The van der Waals surface area contributed by atoms with Gasteiger partial charge in [0.05, 0.1) is 22.2 Å². The van der Waals surface area contributed by atoms with E-state index >= 15 is 0 Å². The van der Waals surface area contributed by atoms with Crippen molar-refractivity contribution in [2.75, 3.05) is 6.61 Å². The Balaban J connectivity index is 1.87. The molecule has 1 heterocycles. The highest BCUT2D eigenvalue weighted by atomic mass is 79.9. The molecule has 0 saturated heterocycles. The van der Waals surface area contributed by atoms with Gasteiger partial charge in [0.1, 0.15) is 17.4 Å². The van der Waals surface area contributed by atoms with Crippen LogP contribution in [0.4, 0.5) is 8.78 Å². The molecule has 8 heteroatoms. The van der Waals surface area contributed by atoms with Gasteiger partial charge in [-0.2, -0.15) is 0 Å². The Hall–Kier alpha value is -2.84. The highest BCUT2D eigenvalue weighted by molar-refractivity contribution is 9.10. The predicted molar refractivity (Wildman–Crippen MR) is 129 cm³/mol. The first-order valence-electron chi connectivity index (χ1n) is 10.2. The number of esters is 1. The number of ether oxygens (including phenoxy) is 1. The number of hydrogen-bond acceptors (Lipinski definition) is 4. The first-order chi connectivity index (χ1) is 15.9. The van der Waals surface area contributed by atoms with E-state index in [1.54, 1.807) is 43.3 Å². The maximum Gasteiger partial charge on any atom is 0.340 e. The van der Waals surface area contributed by atoms with Gasteiger partial charge in [0.25, 0.3) is 0 Å². The minimum atomic E-state index is -0.489. The summed E-state index contributed by atoms with van der Waals surface area (Å²) < 4.78 is 34.6. The lowest BCUT2D eigenvalue weighted by Gasteiger charge is -2.13. The summed E-state index contributed by atoms with van der Waals surface area (Å²) in [6.07, 6.45) is 0. The molecule has 0 unspecified atom stereocenters. The summed E-state index contributed by atoms with van der Waals surface area (Å²) in [6, 6.07) is 15.6. The fourth-order valence-corrected chi connectivity index (χ4v) is 4.89. The number of benzene rings is 3. The summed E-state index contributed by atoms with van der Waals surface area (Å²) in [5.74, 6) is -0.740. The SMILES string of the molecule is CCOC(=O)c1c(CSc2ccc(F)cc2)n(Cc2ccc(F)cc2)c2cc(Br)c(O)cc12. The van der Waals surface area contributed by atoms with Crippen molar-refractivity contribution in [2.24, 2.45) is 0 Å². The van der Waals surface area contributed by atoms with E-state index in [1.165, 1.54) is 36.0 Å².